The van der Waals surface area contributed by atoms with E-state index in [1.807, 2.05) is 24.3 Å². The van der Waals surface area contributed by atoms with E-state index in [2.05, 4.69) is 5.32 Å². The minimum atomic E-state index is -0.310. The Hall–Kier alpha value is -2.47. The molecule has 120 valence electrons. The van der Waals surface area contributed by atoms with E-state index in [4.69, 9.17) is 4.74 Å². The van der Waals surface area contributed by atoms with E-state index in [1.54, 1.807) is 7.11 Å². The largest absolute Gasteiger partial charge is 0.506 e. The number of nitrogens with one attached hydrogen (secondary N) is 1. The maximum absolute atomic E-state index is 12.3. The fraction of sp³-hybridized carbons (Fsp3) is 0.176. The van der Waals surface area contributed by atoms with Gasteiger partial charge in [-0.25, -0.2) is 0 Å². The number of amides is 1. The quantitative estimate of drug-likeness (QED) is 0.482. The first-order valence-electron chi connectivity index (χ1n) is 6.90. The van der Waals surface area contributed by atoms with Crippen molar-refractivity contribution in [1.82, 2.24) is 0 Å². The van der Waals surface area contributed by atoms with Gasteiger partial charge < -0.3 is 15.2 Å². The number of ether oxygens (including phenoxy) is 1. The number of phenols is 1. The summed E-state index contributed by atoms with van der Waals surface area (Å²) in [5, 5.41) is 12.2. The Balaban J connectivity index is 2.06. The van der Waals surface area contributed by atoms with Crippen molar-refractivity contribution < 1.29 is 19.4 Å². The van der Waals surface area contributed by atoms with Crippen LogP contribution in [0.25, 0.3) is 0 Å². The standard InChI is InChI=1S/C17H17NO4S/c1-11(19)18-15-8-12(6-7-16(15)20)17(21)10-23-14-5-3-4-13(9-14)22-2/h3-9,20H,10H2,1-2H3,(H,18,19). The first-order chi connectivity index (χ1) is 11.0. The summed E-state index contributed by atoms with van der Waals surface area (Å²) in [5.74, 6) is 0.509. The van der Waals surface area contributed by atoms with Gasteiger partial charge in [0.15, 0.2) is 5.78 Å². The molecule has 5 nitrogen and oxygen atoms in total. The zero-order valence-electron chi connectivity index (χ0n) is 12.8. The third-order valence-corrected chi connectivity index (χ3v) is 4.03. The highest BCUT2D eigenvalue weighted by molar-refractivity contribution is 8.00. The van der Waals surface area contributed by atoms with Crippen molar-refractivity contribution in [2.45, 2.75) is 11.8 Å². The van der Waals surface area contributed by atoms with Crippen molar-refractivity contribution in [3.8, 4) is 11.5 Å². The molecule has 2 aromatic carbocycles. The molecule has 0 aliphatic rings. The van der Waals surface area contributed by atoms with E-state index >= 15 is 0 Å². The van der Waals surface area contributed by atoms with Crippen LogP contribution in [0, 0.1) is 0 Å². The second-order valence-corrected chi connectivity index (χ2v) is 5.85. The van der Waals surface area contributed by atoms with Crippen molar-refractivity contribution in [2.75, 3.05) is 18.2 Å². The summed E-state index contributed by atoms with van der Waals surface area (Å²) in [4.78, 5) is 24.3. The van der Waals surface area contributed by atoms with Gasteiger partial charge in [0.2, 0.25) is 5.91 Å². The Morgan fingerprint density at radius 1 is 1.22 bits per heavy atom. The third kappa shape index (κ3) is 4.75. The van der Waals surface area contributed by atoms with Crippen LogP contribution >= 0.6 is 11.8 Å². The number of hydrogen-bond donors (Lipinski definition) is 2. The van der Waals surface area contributed by atoms with Crippen LogP contribution in [-0.2, 0) is 4.79 Å². The van der Waals surface area contributed by atoms with Crippen LogP contribution in [-0.4, -0.2) is 29.7 Å². The number of aromatic hydroxyl groups is 1. The Labute approximate surface area is 138 Å². The van der Waals surface area contributed by atoms with Gasteiger partial charge in [0.05, 0.1) is 18.6 Å². The van der Waals surface area contributed by atoms with Gasteiger partial charge in [-0.1, -0.05) is 6.07 Å². The first kappa shape index (κ1) is 16.9. The minimum absolute atomic E-state index is 0.0720. The molecule has 2 rings (SSSR count). The number of thioether (sulfide) groups is 1. The Morgan fingerprint density at radius 2 is 2.00 bits per heavy atom. The normalized spacial score (nSPS) is 10.2. The Morgan fingerprint density at radius 3 is 2.70 bits per heavy atom. The number of methoxy groups -OCH3 is 1. The monoisotopic (exact) mass is 331 g/mol. The van der Waals surface area contributed by atoms with Gasteiger partial charge in [-0.15, -0.1) is 11.8 Å². The SMILES string of the molecule is COc1cccc(SCC(=O)c2ccc(O)c(NC(C)=O)c2)c1. The lowest BCUT2D eigenvalue weighted by molar-refractivity contribution is -0.114. The zero-order chi connectivity index (χ0) is 16.8. The highest BCUT2D eigenvalue weighted by atomic mass is 32.2. The summed E-state index contributed by atoms with van der Waals surface area (Å²) >= 11 is 1.40. The molecule has 0 heterocycles. The molecular formula is C17H17NO4S. The molecule has 0 spiro atoms. The fourth-order valence-electron chi connectivity index (χ4n) is 1.92. The van der Waals surface area contributed by atoms with E-state index in [-0.39, 0.29) is 28.9 Å². The summed E-state index contributed by atoms with van der Waals surface area (Å²) in [5.41, 5.74) is 0.664. The topological polar surface area (TPSA) is 75.6 Å². The number of hydrogen-bond acceptors (Lipinski definition) is 5. The second kappa shape index (κ2) is 7.69. The molecule has 0 saturated carbocycles. The molecule has 0 atom stereocenters. The molecule has 2 aromatic rings. The number of benzene rings is 2. The predicted octanol–water partition coefficient (Wildman–Crippen LogP) is 3.33. The molecule has 0 unspecified atom stereocenters. The smallest absolute Gasteiger partial charge is 0.221 e. The molecule has 0 fully saturated rings. The fourth-order valence-corrected chi connectivity index (χ4v) is 2.76. The predicted molar refractivity (Wildman–Crippen MR) is 90.5 cm³/mol. The lowest BCUT2D eigenvalue weighted by atomic mass is 10.1. The molecule has 6 heteroatoms. The maximum Gasteiger partial charge on any atom is 0.221 e. The van der Waals surface area contributed by atoms with Gasteiger partial charge in [0, 0.05) is 17.4 Å². The molecular weight excluding hydrogens is 314 g/mol. The molecule has 0 aliphatic heterocycles. The summed E-state index contributed by atoms with van der Waals surface area (Å²) in [6.45, 7) is 1.34. The highest BCUT2D eigenvalue weighted by Gasteiger charge is 2.11. The van der Waals surface area contributed by atoms with Crippen molar-refractivity contribution in [1.29, 1.82) is 0 Å². The number of carbonyl (C=O) groups excluding carboxylic acids is 2. The summed E-state index contributed by atoms with van der Waals surface area (Å²) in [7, 11) is 1.59. The molecule has 0 radical (unpaired) electrons. The number of rotatable bonds is 6. The van der Waals surface area contributed by atoms with Crippen LogP contribution in [0.2, 0.25) is 0 Å². The lowest BCUT2D eigenvalue weighted by Crippen LogP contribution is -2.08. The van der Waals surface area contributed by atoms with Crippen LogP contribution in [0.1, 0.15) is 17.3 Å². The highest BCUT2D eigenvalue weighted by Crippen LogP contribution is 2.27. The number of ketones is 1. The van der Waals surface area contributed by atoms with Crippen molar-refractivity contribution in [3.63, 3.8) is 0 Å². The number of Topliss-reactive ketones (excluding diaryl/α,β-unsaturated/α-hetero) is 1. The summed E-state index contributed by atoms with van der Waals surface area (Å²) in [6, 6.07) is 11.9. The Bertz CT molecular complexity index is 730. The average Bonchev–Trinajstić information content (AvgIpc) is 2.54. The van der Waals surface area contributed by atoms with Crippen LogP contribution in [0.5, 0.6) is 11.5 Å². The average molecular weight is 331 g/mol. The number of carbonyl (C=O) groups is 2. The van der Waals surface area contributed by atoms with Crippen LogP contribution in [0.15, 0.2) is 47.4 Å². The Kier molecular flexibility index (Phi) is 5.65. The van der Waals surface area contributed by atoms with Gasteiger partial charge in [0.1, 0.15) is 11.5 Å². The van der Waals surface area contributed by atoms with Crippen LogP contribution < -0.4 is 10.1 Å². The van der Waals surface area contributed by atoms with Crippen molar-refractivity contribution in [3.05, 3.63) is 48.0 Å². The van der Waals surface area contributed by atoms with E-state index < -0.39 is 0 Å². The van der Waals surface area contributed by atoms with Gasteiger partial charge in [-0.05, 0) is 36.4 Å². The van der Waals surface area contributed by atoms with Gasteiger partial charge in [-0.2, -0.15) is 0 Å². The molecule has 0 saturated heterocycles. The molecule has 1 amide bonds. The third-order valence-electron chi connectivity index (χ3n) is 3.04. The van der Waals surface area contributed by atoms with E-state index in [0.29, 0.717) is 5.56 Å². The van der Waals surface area contributed by atoms with Gasteiger partial charge in [-0.3, -0.25) is 9.59 Å². The molecule has 23 heavy (non-hydrogen) atoms. The van der Waals surface area contributed by atoms with Crippen molar-refractivity contribution in [2.24, 2.45) is 0 Å². The van der Waals surface area contributed by atoms with E-state index in [0.717, 1.165) is 10.6 Å². The van der Waals surface area contributed by atoms with Crippen LogP contribution in [0.4, 0.5) is 5.69 Å². The van der Waals surface area contributed by atoms with Gasteiger partial charge in [0.25, 0.3) is 0 Å². The molecule has 0 aromatic heterocycles. The second-order valence-electron chi connectivity index (χ2n) is 4.80. The van der Waals surface area contributed by atoms with Crippen LogP contribution in [0.3, 0.4) is 0 Å². The maximum atomic E-state index is 12.3. The zero-order valence-corrected chi connectivity index (χ0v) is 13.6. The minimum Gasteiger partial charge on any atom is -0.506 e. The summed E-state index contributed by atoms with van der Waals surface area (Å²) in [6.07, 6.45) is 0. The lowest BCUT2D eigenvalue weighted by Gasteiger charge is -2.08. The van der Waals surface area contributed by atoms with E-state index in [9.17, 15) is 14.7 Å². The number of anilines is 1. The van der Waals surface area contributed by atoms with Gasteiger partial charge >= 0.3 is 0 Å². The van der Waals surface area contributed by atoms with Crippen molar-refractivity contribution >= 4 is 29.1 Å². The summed E-state index contributed by atoms with van der Waals surface area (Å²) < 4.78 is 5.15. The first-order valence-corrected chi connectivity index (χ1v) is 7.89. The molecule has 2 N–H and O–H groups in total. The molecule has 0 bridgehead atoms. The number of phenolic OH excluding ortho intramolecular Hbond substituents is 1. The van der Waals surface area contributed by atoms with E-state index in [1.165, 1.54) is 36.9 Å². The molecule has 0 aliphatic carbocycles.